The standard InChI is InChI=1S/C17H15BrN2O/c1-20-14-5-3-2-4-13(14)19-17(20)16-8-6-11-10-12(18)7-9-15(11)21-16/h2-5,7,9-10,16H,6,8H2,1H3. The second-order valence-electron chi connectivity index (χ2n) is 5.41. The van der Waals surface area contributed by atoms with Crippen molar-refractivity contribution in [1.29, 1.82) is 0 Å². The first-order valence-electron chi connectivity index (χ1n) is 7.09. The first kappa shape index (κ1) is 12.9. The van der Waals surface area contributed by atoms with Gasteiger partial charge in [0.1, 0.15) is 5.75 Å². The molecule has 21 heavy (non-hydrogen) atoms. The number of aromatic nitrogens is 2. The maximum absolute atomic E-state index is 6.18. The Morgan fingerprint density at radius 1 is 1.24 bits per heavy atom. The fourth-order valence-electron chi connectivity index (χ4n) is 2.99. The molecule has 0 aliphatic carbocycles. The number of fused-ring (bicyclic) bond motifs is 2. The highest BCUT2D eigenvalue weighted by Gasteiger charge is 2.25. The number of aryl methyl sites for hydroxylation is 2. The maximum Gasteiger partial charge on any atom is 0.157 e. The molecule has 4 rings (SSSR count). The summed E-state index contributed by atoms with van der Waals surface area (Å²) >= 11 is 3.51. The van der Waals surface area contributed by atoms with Crippen LogP contribution in [0.2, 0.25) is 0 Å². The lowest BCUT2D eigenvalue weighted by molar-refractivity contribution is 0.164. The van der Waals surface area contributed by atoms with Crippen LogP contribution < -0.4 is 4.74 Å². The molecule has 3 nitrogen and oxygen atoms in total. The lowest BCUT2D eigenvalue weighted by Gasteiger charge is -2.25. The Hall–Kier alpha value is -1.81. The van der Waals surface area contributed by atoms with Crippen LogP contribution in [-0.2, 0) is 13.5 Å². The molecule has 0 bridgehead atoms. The first-order valence-corrected chi connectivity index (χ1v) is 7.88. The second-order valence-corrected chi connectivity index (χ2v) is 6.33. The summed E-state index contributed by atoms with van der Waals surface area (Å²) < 4.78 is 9.42. The van der Waals surface area contributed by atoms with Gasteiger partial charge in [-0.3, -0.25) is 0 Å². The van der Waals surface area contributed by atoms with Crippen molar-refractivity contribution < 1.29 is 4.74 Å². The first-order chi connectivity index (χ1) is 10.2. The maximum atomic E-state index is 6.18. The molecule has 106 valence electrons. The number of para-hydroxylation sites is 2. The van der Waals surface area contributed by atoms with Crippen LogP contribution in [0.5, 0.6) is 5.75 Å². The Morgan fingerprint density at radius 2 is 2.10 bits per heavy atom. The van der Waals surface area contributed by atoms with Gasteiger partial charge in [-0.2, -0.15) is 0 Å². The van der Waals surface area contributed by atoms with Crippen molar-refractivity contribution in [3.63, 3.8) is 0 Å². The normalized spacial score (nSPS) is 17.5. The third-order valence-corrected chi connectivity index (χ3v) is 4.57. The minimum Gasteiger partial charge on any atom is -0.482 e. The van der Waals surface area contributed by atoms with E-state index < -0.39 is 0 Å². The number of hydrogen-bond donors (Lipinski definition) is 0. The third kappa shape index (κ3) is 2.14. The molecule has 0 saturated carbocycles. The summed E-state index contributed by atoms with van der Waals surface area (Å²) in [7, 11) is 2.06. The number of benzene rings is 2. The van der Waals surface area contributed by atoms with E-state index in [4.69, 9.17) is 9.72 Å². The Labute approximate surface area is 131 Å². The fraction of sp³-hybridized carbons (Fsp3) is 0.235. The average Bonchev–Trinajstić information content (AvgIpc) is 2.84. The molecule has 0 amide bonds. The van der Waals surface area contributed by atoms with Crippen molar-refractivity contribution in [1.82, 2.24) is 9.55 Å². The monoisotopic (exact) mass is 342 g/mol. The highest BCUT2D eigenvalue weighted by atomic mass is 79.9. The molecule has 4 heteroatoms. The van der Waals surface area contributed by atoms with Crippen LogP contribution in [0.4, 0.5) is 0 Å². The van der Waals surface area contributed by atoms with Gasteiger partial charge in [0.2, 0.25) is 0 Å². The molecule has 2 aromatic carbocycles. The van der Waals surface area contributed by atoms with E-state index in [0.29, 0.717) is 0 Å². The molecular formula is C17H15BrN2O. The zero-order chi connectivity index (χ0) is 14.4. The van der Waals surface area contributed by atoms with E-state index in [1.165, 1.54) is 5.56 Å². The largest absolute Gasteiger partial charge is 0.482 e. The number of hydrogen-bond acceptors (Lipinski definition) is 2. The van der Waals surface area contributed by atoms with Crippen LogP contribution in [-0.4, -0.2) is 9.55 Å². The molecule has 1 unspecified atom stereocenters. The van der Waals surface area contributed by atoms with Crippen molar-refractivity contribution in [3.05, 3.63) is 58.3 Å². The van der Waals surface area contributed by atoms with Crippen LogP contribution in [0.3, 0.4) is 0 Å². The molecule has 0 saturated heterocycles. The van der Waals surface area contributed by atoms with Gasteiger partial charge >= 0.3 is 0 Å². The van der Waals surface area contributed by atoms with Gasteiger partial charge in [-0.25, -0.2) is 4.98 Å². The van der Waals surface area contributed by atoms with E-state index in [2.05, 4.69) is 39.7 Å². The Bertz CT molecular complexity index is 825. The van der Waals surface area contributed by atoms with Gasteiger partial charge in [0.05, 0.1) is 11.0 Å². The molecule has 0 fully saturated rings. The van der Waals surface area contributed by atoms with Gasteiger partial charge in [-0.1, -0.05) is 28.1 Å². The molecule has 0 spiro atoms. The molecule has 3 aromatic rings. The number of halogens is 1. The van der Waals surface area contributed by atoms with Crippen LogP contribution >= 0.6 is 15.9 Å². The molecule has 0 N–H and O–H groups in total. The van der Waals surface area contributed by atoms with E-state index >= 15 is 0 Å². The van der Waals surface area contributed by atoms with Gasteiger partial charge in [0.15, 0.2) is 11.9 Å². The minimum atomic E-state index is 0.0241. The summed E-state index contributed by atoms with van der Waals surface area (Å²) in [6.45, 7) is 0. The van der Waals surface area contributed by atoms with Crippen LogP contribution in [0.1, 0.15) is 23.9 Å². The summed E-state index contributed by atoms with van der Waals surface area (Å²) in [4.78, 5) is 4.76. The quantitative estimate of drug-likeness (QED) is 0.655. The number of imidazole rings is 1. The molecule has 1 atom stereocenters. The van der Waals surface area contributed by atoms with E-state index in [1.54, 1.807) is 0 Å². The van der Waals surface area contributed by atoms with Crippen LogP contribution in [0.15, 0.2) is 46.9 Å². The zero-order valence-corrected chi connectivity index (χ0v) is 13.3. The molecule has 1 aliphatic heterocycles. The predicted molar refractivity (Wildman–Crippen MR) is 86.5 cm³/mol. The van der Waals surface area contributed by atoms with Crippen molar-refractivity contribution >= 4 is 27.0 Å². The minimum absolute atomic E-state index is 0.0241. The third-order valence-electron chi connectivity index (χ3n) is 4.08. The molecule has 1 aliphatic rings. The van der Waals surface area contributed by atoms with E-state index in [9.17, 15) is 0 Å². The Kier molecular flexibility index (Phi) is 3.00. The summed E-state index contributed by atoms with van der Waals surface area (Å²) in [5, 5.41) is 0. The SMILES string of the molecule is Cn1c(C2CCc3cc(Br)ccc3O2)nc2ccccc21. The van der Waals surface area contributed by atoms with E-state index in [0.717, 1.165) is 39.9 Å². The second kappa shape index (κ2) is 4.88. The summed E-state index contributed by atoms with van der Waals surface area (Å²) in [5.41, 5.74) is 3.44. The lowest BCUT2D eigenvalue weighted by atomic mass is 10.0. The molecule has 2 heterocycles. The molecular weight excluding hydrogens is 328 g/mol. The van der Waals surface area contributed by atoms with Crippen molar-refractivity contribution in [2.24, 2.45) is 7.05 Å². The van der Waals surface area contributed by atoms with Crippen LogP contribution in [0, 0.1) is 0 Å². The zero-order valence-electron chi connectivity index (χ0n) is 11.7. The van der Waals surface area contributed by atoms with Gasteiger partial charge in [-0.05, 0) is 48.7 Å². The smallest absolute Gasteiger partial charge is 0.157 e. The van der Waals surface area contributed by atoms with Gasteiger partial charge < -0.3 is 9.30 Å². The number of nitrogens with zero attached hydrogens (tertiary/aromatic N) is 2. The summed E-state index contributed by atoms with van der Waals surface area (Å²) in [5.74, 6) is 1.98. The Balaban J connectivity index is 1.74. The van der Waals surface area contributed by atoms with E-state index in [-0.39, 0.29) is 6.10 Å². The Morgan fingerprint density at radius 3 is 2.95 bits per heavy atom. The van der Waals surface area contributed by atoms with Gasteiger partial charge in [-0.15, -0.1) is 0 Å². The molecule has 1 aromatic heterocycles. The lowest BCUT2D eigenvalue weighted by Crippen LogP contribution is -2.18. The predicted octanol–water partition coefficient (Wildman–Crippen LogP) is 4.40. The van der Waals surface area contributed by atoms with Crippen molar-refractivity contribution in [2.75, 3.05) is 0 Å². The highest BCUT2D eigenvalue weighted by Crippen LogP contribution is 2.36. The van der Waals surface area contributed by atoms with Crippen molar-refractivity contribution in [3.8, 4) is 5.75 Å². The van der Waals surface area contributed by atoms with E-state index in [1.807, 2.05) is 30.3 Å². The van der Waals surface area contributed by atoms with Gasteiger partial charge in [0, 0.05) is 11.5 Å². The number of rotatable bonds is 1. The topological polar surface area (TPSA) is 27.1 Å². The summed E-state index contributed by atoms with van der Waals surface area (Å²) in [6.07, 6.45) is 2.00. The average molecular weight is 343 g/mol. The van der Waals surface area contributed by atoms with Crippen molar-refractivity contribution in [2.45, 2.75) is 18.9 Å². The molecule has 0 radical (unpaired) electrons. The fourth-order valence-corrected chi connectivity index (χ4v) is 3.40. The highest BCUT2D eigenvalue weighted by molar-refractivity contribution is 9.10. The number of ether oxygens (including phenoxy) is 1. The summed E-state index contributed by atoms with van der Waals surface area (Å²) in [6, 6.07) is 14.4. The van der Waals surface area contributed by atoms with Gasteiger partial charge in [0.25, 0.3) is 0 Å². The van der Waals surface area contributed by atoms with Crippen LogP contribution in [0.25, 0.3) is 11.0 Å².